The molecule has 0 aromatic rings. The highest BCUT2D eigenvalue weighted by Crippen LogP contribution is 2.39. The number of aliphatic hydroxyl groups is 19. The summed E-state index contributed by atoms with van der Waals surface area (Å²) in [4.78, 5) is 22.6. The monoisotopic (exact) mass is 1280 g/mol. The molecule has 39 nitrogen and oxygen atoms in total. The first-order valence-corrected chi connectivity index (χ1v) is 27.7. The molecule has 35 atom stereocenters. The molecule has 21 aliphatic rings. The smallest absolute Gasteiger partial charge is 0.305 e. The molecule has 21 N–H and O–H groups in total. The van der Waals surface area contributed by atoms with Crippen LogP contribution in [0.1, 0.15) is 12.8 Å². The molecule has 14 bridgehead atoms. The molecule has 0 unspecified atom stereocenters. The van der Waals surface area contributed by atoms with Crippen LogP contribution in [-0.2, 0) is 85.4 Å². The second kappa shape index (κ2) is 31.0. The van der Waals surface area contributed by atoms with Crippen molar-refractivity contribution in [1.82, 2.24) is 0 Å². The average Bonchev–Trinajstić information content (AvgIpc) is 1.12. The predicted molar refractivity (Wildman–Crippen MR) is 260 cm³/mol. The zero-order valence-corrected chi connectivity index (χ0v) is 45.7. The van der Waals surface area contributed by atoms with Crippen molar-refractivity contribution in [3.63, 3.8) is 0 Å². The summed E-state index contributed by atoms with van der Waals surface area (Å²) >= 11 is 0. The minimum atomic E-state index is -2.27. The van der Waals surface area contributed by atoms with Gasteiger partial charge in [-0.25, -0.2) is 0 Å². The Balaban J connectivity index is 1.11. The van der Waals surface area contributed by atoms with Crippen molar-refractivity contribution in [3.05, 3.63) is 0 Å². The van der Waals surface area contributed by atoms with Gasteiger partial charge in [0.05, 0.1) is 72.3 Å². The average molecular weight is 1280 g/mol. The van der Waals surface area contributed by atoms with Gasteiger partial charge in [-0.1, -0.05) is 0 Å². The fraction of sp³-hybridized carbons (Fsp3) is 0.958. The van der Waals surface area contributed by atoms with Gasteiger partial charge in [0.15, 0.2) is 44.0 Å². The number of rotatable bonds is 15. The Bertz CT molecular complexity index is 2110. The number of hydrogen-bond donors (Lipinski definition) is 21. The summed E-state index contributed by atoms with van der Waals surface area (Å²) < 4.78 is 91.9. The Hall–Kier alpha value is -2.46. The minimum absolute atomic E-state index is 0.499. The van der Waals surface area contributed by atoms with Crippen molar-refractivity contribution in [3.8, 4) is 0 Å². The number of aliphatic hydroxyl groups excluding tert-OH is 19. The van der Waals surface area contributed by atoms with Crippen molar-refractivity contribution in [2.75, 3.05) is 59.5 Å². The van der Waals surface area contributed by atoms with Gasteiger partial charge >= 0.3 is 11.9 Å². The van der Waals surface area contributed by atoms with Gasteiger partial charge in [0.25, 0.3) is 0 Å². The standard InChI is InChI=1S/C48H78O39/c49-5-12-35-21(58)28(65)42(74-12)82-36-13(6-50)77-45(31(68)24(36)61)86-40-17(10-72-3-1-19(54)55)80-48(34(71)27(40)64)85-39-16(9-53)76-44(30(67)23(39)60)83-37-14(7-51)78-46(32(69)25(37)62)87-41-18(11-73-4-2-20(56)57)79-47(33(70)26(41)63)84-38-15(8-52)75-43(81-35)29(66)22(38)59/h12-18,21-53,58-71H,1-11H2,(H,54,55)(H,56,57)/t12-,13-,14-,15-,16-,17-,18-,21-,22-,23-,24-,25-,26-,27-,28-,29-,30-,31-,32-,33-,34-,35-,36-,37-,38-,39-,40-,41-,42-,43-,44-,45-,46-,47-,48-/m1/s1. The Kier molecular flexibility index (Phi) is 25.1. The van der Waals surface area contributed by atoms with Crippen molar-refractivity contribution in [2.45, 2.75) is 228 Å². The molecule has 21 fully saturated rings. The molecular formula is C48H78O39. The highest BCUT2D eigenvalue weighted by atomic mass is 16.8. The van der Waals surface area contributed by atoms with E-state index in [1.165, 1.54) is 0 Å². The molecule has 39 heteroatoms. The molecule has 21 heterocycles. The number of hydrogen-bond acceptors (Lipinski definition) is 37. The van der Waals surface area contributed by atoms with Crippen LogP contribution in [0, 0.1) is 0 Å². The molecule has 0 spiro atoms. The van der Waals surface area contributed by atoms with Gasteiger partial charge in [0.1, 0.15) is 171 Å². The first-order valence-electron chi connectivity index (χ1n) is 27.7. The van der Waals surface area contributed by atoms with Crippen LogP contribution in [0.5, 0.6) is 0 Å². The van der Waals surface area contributed by atoms with Crippen molar-refractivity contribution in [2.24, 2.45) is 0 Å². The molecule has 0 aromatic heterocycles. The lowest BCUT2D eigenvalue weighted by atomic mass is 9.95. The zero-order valence-electron chi connectivity index (χ0n) is 45.7. The third kappa shape index (κ3) is 15.5. The van der Waals surface area contributed by atoms with Crippen molar-refractivity contribution in [1.29, 1.82) is 0 Å². The topological polar surface area (TPSA) is 607 Å². The van der Waals surface area contributed by atoms with E-state index in [0.717, 1.165) is 0 Å². The molecule has 0 radical (unpaired) electrons. The van der Waals surface area contributed by atoms with Gasteiger partial charge in [-0.05, 0) is 0 Å². The van der Waals surface area contributed by atoms with Crippen LogP contribution >= 0.6 is 0 Å². The van der Waals surface area contributed by atoms with E-state index in [1.54, 1.807) is 0 Å². The summed E-state index contributed by atoms with van der Waals surface area (Å²) in [6, 6.07) is 0. The third-order valence-corrected chi connectivity index (χ3v) is 15.9. The van der Waals surface area contributed by atoms with E-state index in [-0.39, 0.29) is 0 Å². The number of carboxylic acid groups (broad SMARTS) is 2. The van der Waals surface area contributed by atoms with Crippen LogP contribution in [0.15, 0.2) is 0 Å². The predicted octanol–water partition coefficient (Wildman–Crippen LogP) is -14.2. The summed E-state index contributed by atoms with van der Waals surface area (Å²) in [6.07, 6.45) is -73.2. The maximum absolute atomic E-state index is 11.6. The quantitative estimate of drug-likeness (QED) is 0.0677. The molecule has 0 aromatic carbocycles. The van der Waals surface area contributed by atoms with E-state index in [1.807, 2.05) is 0 Å². The van der Waals surface area contributed by atoms with Crippen molar-refractivity contribution >= 4 is 11.9 Å². The lowest BCUT2D eigenvalue weighted by molar-refractivity contribution is -0.397. The van der Waals surface area contributed by atoms with Crippen LogP contribution in [0.25, 0.3) is 0 Å². The van der Waals surface area contributed by atoms with Crippen LogP contribution in [0.3, 0.4) is 0 Å². The number of aliphatic carboxylic acids is 2. The minimum Gasteiger partial charge on any atom is -0.481 e. The highest BCUT2D eigenvalue weighted by molar-refractivity contribution is 5.67. The largest absolute Gasteiger partial charge is 0.481 e. The fourth-order valence-electron chi connectivity index (χ4n) is 11.1. The third-order valence-electron chi connectivity index (χ3n) is 15.9. The summed E-state index contributed by atoms with van der Waals surface area (Å²) in [5.41, 5.74) is 0. The van der Waals surface area contributed by atoms with E-state index < -0.39 is 299 Å². The Morgan fingerprint density at radius 3 is 0.575 bits per heavy atom. The fourth-order valence-corrected chi connectivity index (χ4v) is 11.1. The maximum atomic E-state index is 11.6. The second-order valence-corrected chi connectivity index (χ2v) is 21.7. The van der Waals surface area contributed by atoms with E-state index in [4.69, 9.17) is 75.8 Å². The first-order chi connectivity index (χ1) is 41.4. The van der Waals surface area contributed by atoms with Gasteiger partial charge < -0.3 is 183 Å². The van der Waals surface area contributed by atoms with Gasteiger partial charge in [-0.15, -0.1) is 0 Å². The zero-order chi connectivity index (χ0) is 63.5. The van der Waals surface area contributed by atoms with Crippen molar-refractivity contribution < 1.29 is 193 Å². The van der Waals surface area contributed by atoms with Crippen LogP contribution in [-0.4, -0.2) is 394 Å². The first kappa shape index (κ1) is 70.4. The Morgan fingerprint density at radius 2 is 0.414 bits per heavy atom. The number of carboxylic acids is 2. The lowest BCUT2D eigenvalue weighted by Crippen LogP contribution is -2.68. The highest BCUT2D eigenvalue weighted by Gasteiger charge is 2.59. The normalized spacial score (nSPS) is 50.3. The van der Waals surface area contributed by atoms with E-state index in [2.05, 4.69) is 0 Å². The van der Waals surface area contributed by atoms with Crippen LogP contribution in [0.4, 0.5) is 0 Å². The summed E-state index contributed by atoms with van der Waals surface area (Å²) in [5.74, 6) is -2.62. The van der Waals surface area contributed by atoms with Crippen LogP contribution < -0.4 is 0 Å². The van der Waals surface area contributed by atoms with E-state index in [9.17, 15) is 117 Å². The van der Waals surface area contributed by atoms with Crippen LogP contribution in [0.2, 0.25) is 0 Å². The van der Waals surface area contributed by atoms with Gasteiger partial charge in [-0.2, -0.15) is 0 Å². The number of ether oxygens (including phenoxy) is 16. The SMILES string of the molecule is O=C(O)CCOC[C@H]1O[C@@H]2O[C@H]3[C@H](O)[C@@H](O)[C@@H](O[C@H]4[C@H](O)[C@@H](O)[C@@H](O[C@H]5[C@H](O)[C@@H](O)[C@@H](O[C@H]6[C@H](O)[C@@H](O)[C@@H](O[C@H]7[C@H](O)[C@@H](O)[C@@H](O[C@H]8[C@H](O)[C@@H](O)[C@@H](O[C@H]1[C@H](O)[C@H]2O)O[C@@H]8CO)O[C@@H]7CO)O[C@@H]6CO)O[C@@H]5COCCC(=O)O)O[C@@H]4CO)O[C@@H]3CO. The molecule has 21 rings (SSSR count). The van der Waals surface area contributed by atoms with Gasteiger partial charge in [0, 0.05) is 0 Å². The molecule has 87 heavy (non-hydrogen) atoms. The molecule has 0 amide bonds. The molecular weight excluding hydrogens is 1200 g/mol. The Morgan fingerprint density at radius 1 is 0.253 bits per heavy atom. The maximum Gasteiger partial charge on any atom is 0.305 e. The molecule has 21 aliphatic heterocycles. The number of carbonyl (C=O) groups is 2. The Labute approximate surface area is 491 Å². The summed E-state index contributed by atoms with van der Waals surface area (Å²) in [5, 5.41) is 232. The second-order valence-electron chi connectivity index (χ2n) is 21.7. The molecule has 21 saturated heterocycles. The summed E-state index contributed by atoms with van der Waals surface area (Å²) in [7, 11) is 0. The van der Waals surface area contributed by atoms with Gasteiger partial charge in [0.2, 0.25) is 0 Å². The molecule has 0 saturated carbocycles. The van der Waals surface area contributed by atoms with E-state index in [0.29, 0.717) is 0 Å². The van der Waals surface area contributed by atoms with Gasteiger partial charge in [-0.3, -0.25) is 9.59 Å². The molecule has 504 valence electrons. The van der Waals surface area contributed by atoms with E-state index >= 15 is 0 Å². The lowest BCUT2D eigenvalue weighted by Gasteiger charge is -2.50. The molecule has 0 aliphatic carbocycles. The summed E-state index contributed by atoms with van der Waals surface area (Å²) in [6.45, 7) is -7.89.